The SMILES string of the molecule is COc1ccc(CN(C)Cc2ccnc(Cl)c2)cc1. The van der Waals surface area contributed by atoms with Gasteiger partial charge in [-0.2, -0.15) is 0 Å². The zero-order valence-electron chi connectivity index (χ0n) is 11.1. The van der Waals surface area contributed by atoms with Gasteiger partial charge >= 0.3 is 0 Å². The summed E-state index contributed by atoms with van der Waals surface area (Å²) in [5.74, 6) is 0.882. The first-order chi connectivity index (χ1) is 9.17. The fraction of sp³-hybridized carbons (Fsp3) is 0.267. The summed E-state index contributed by atoms with van der Waals surface area (Å²) in [5, 5.41) is 0.537. The van der Waals surface area contributed by atoms with Crippen molar-refractivity contribution >= 4 is 11.6 Å². The number of benzene rings is 1. The van der Waals surface area contributed by atoms with E-state index in [9.17, 15) is 0 Å². The molecule has 0 atom stereocenters. The molecule has 2 rings (SSSR count). The lowest BCUT2D eigenvalue weighted by Crippen LogP contribution is -2.17. The van der Waals surface area contributed by atoms with Crippen molar-refractivity contribution in [3.63, 3.8) is 0 Å². The first-order valence-electron chi connectivity index (χ1n) is 6.09. The van der Waals surface area contributed by atoms with Gasteiger partial charge in [-0.25, -0.2) is 4.98 Å². The molecular formula is C15H17ClN2O. The van der Waals surface area contributed by atoms with Crippen molar-refractivity contribution in [1.82, 2.24) is 9.88 Å². The summed E-state index contributed by atoms with van der Waals surface area (Å²) in [4.78, 5) is 6.21. The summed E-state index contributed by atoms with van der Waals surface area (Å²) in [6.07, 6.45) is 1.74. The number of methoxy groups -OCH3 is 1. The summed E-state index contributed by atoms with van der Waals surface area (Å²) in [6, 6.07) is 12.0. The maximum absolute atomic E-state index is 5.88. The number of rotatable bonds is 5. The van der Waals surface area contributed by atoms with Crippen molar-refractivity contribution in [2.75, 3.05) is 14.2 Å². The van der Waals surface area contributed by atoms with Crippen molar-refractivity contribution in [3.05, 3.63) is 58.9 Å². The first kappa shape index (κ1) is 13.8. The minimum Gasteiger partial charge on any atom is -0.497 e. The Morgan fingerprint density at radius 2 is 1.79 bits per heavy atom. The van der Waals surface area contributed by atoms with E-state index in [2.05, 4.69) is 29.1 Å². The van der Waals surface area contributed by atoms with Gasteiger partial charge in [0.1, 0.15) is 10.9 Å². The Labute approximate surface area is 118 Å². The normalized spacial score (nSPS) is 10.7. The van der Waals surface area contributed by atoms with Crippen molar-refractivity contribution < 1.29 is 4.74 Å². The standard InChI is InChI=1S/C15H17ClN2O/c1-18(11-13-7-8-17-15(16)9-13)10-12-3-5-14(19-2)6-4-12/h3-9H,10-11H2,1-2H3. The third kappa shape index (κ3) is 4.23. The maximum Gasteiger partial charge on any atom is 0.129 e. The minimum absolute atomic E-state index is 0.537. The Morgan fingerprint density at radius 3 is 2.42 bits per heavy atom. The smallest absolute Gasteiger partial charge is 0.129 e. The molecule has 0 saturated carbocycles. The van der Waals surface area contributed by atoms with Crippen molar-refractivity contribution in [2.45, 2.75) is 13.1 Å². The van der Waals surface area contributed by atoms with Crippen LogP contribution >= 0.6 is 11.6 Å². The lowest BCUT2D eigenvalue weighted by molar-refractivity contribution is 0.318. The van der Waals surface area contributed by atoms with Crippen LogP contribution in [0, 0.1) is 0 Å². The molecule has 19 heavy (non-hydrogen) atoms. The summed E-state index contributed by atoms with van der Waals surface area (Å²) in [6.45, 7) is 1.72. The molecule has 0 aliphatic carbocycles. The number of nitrogens with zero attached hydrogens (tertiary/aromatic N) is 2. The van der Waals surface area contributed by atoms with Gasteiger partial charge in [0.2, 0.25) is 0 Å². The van der Waals surface area contributed by atoms with Gasteiger partial charge in [-0.1, -0.05) is 23.7 Å². The Hall–Kier alpha value is -1.58. The number of ether oxygens (including phenoxy) is 1. The molecule has 0 unspecified atom stereocenters. The average Bonchev–Trinajstić information content (AvgIpc) is 2.39. The van der Waals surface area contributed by atoms with Gasteiger partial charge in [0.15, 0.2) is 0 Å². The number of hydrogen-bond donors (Lipinski definition) is 0. The van der Waals surface area contributed by atoms with Crippen LogP contribution in [0.15, 0.2) is 42.6 Å². The molecule has 0 spiro atoms. The van der Waals surface area contributed by atoms with Crippen molar-refractivity contribution in [1.29, 1.82) is 0 Å². The quantitative estimate of drug-likeness (QED) is 0.783. The van der Waals surface area contributed by atoms with Crippen LogP contribution in [0.3, 0.4) is 0 Å². The molecule has 0 radical (unpaired) electrons. The third-order valence-corrected chi connectivity index (χ3v) is 3.06. The fourth-order valence-electron chi connectivity index (χ4n) is 1.95. The van der Waals surface area contributed by atoms with Gasteiger partial charge in [-0.3, -0.25) is 4.90 Å². The largest absolute Gasteiger partial charge is 0.497 e. The Balaban J connectivity index is 1.95. The van der Waals surface area contributed by atoms with Crippen LogP contribution in [0.4, 0.5) is 0 Å². The second-order valence-corrected chi connectivity index (χ2v) is 4.89. The van der Waals surface area contributed by atoms with E-state index in [1.54, 1.807) is 13.3 Å². The van der Waals surface area contributed by atoms with E-state index in [0.717, 1.165) is 24.4 Å². The molecule has 3 nitrogen and oxygen atoms in total. The van der Waals surface area contributed by atoms with Gasteiger partial charge in [-0.05, 0) is 42.4 Å². The molecule has 0 saturated heterocycles. The molecule has 0 N–H and O–H groups in total. The molecule has 100 valence electrons. The van der Waals surface area contributed by atoms with Crippen LogP contribution in [0.2, 0.25) is 5.15 Å². The molecule has 0 bridgehead atoms. The van der Waals surface area contributed by atoms with Crippen LogP contribution in [0.1, 0.15) is 11.1 Å². The Bertz CT molecular complexity index is 528. The van der Waals surface area contributed by atoms with Crippen LogP contribution in [0.5, 0.6) is 5.75 Å². The van der Waals surface area contributed by atoms with E-state index >= 15 is 0 Å². The fourth-order valence-corrected chi connectivity index (χ4v) is 2.15. The summed E-state index contributed by atoms with van der Waals surface area (Å²) in [5.41, 5.74) is 2.42. The minimum atomic E-state index is 0.537. The summed E-state index contributed by atoms with van der Waals surface area (Å²) < 4.78 is 5.15. The van der Waals surface area contributed by atoms with E-state index < -0.39 is 0 Å². The van der Waals surface area contributed by atoms with Crippen LogP contribution in [0.25, 0.3) is 0 Å². The van der Waals surface area contributed by atoms with E-state index in [1.807, 2.05) is 24.3 Å². The molecule has 1 aromatic carbocycles. The maximum atomic E-state index is 5.88. The molecule has 4 heteroatoms. The number of halogens is 1. The lowest BCUT2D eigenvalue weighted by atomic mass is 10.2. The van der Waals surface area contributed by atoms with Gasteiger partial charge < -0.3 is 4.74 Å². The summed E-state index contributed by atoms with van der Waals surface area (Å²) >= 11 is 5.88. The number of pyridine rings is 1. The Kier molecular flexibility index (Phi) is 4.77. The molecule has 2 aromatic rings. The molecule has 0 aliphatic rings. The topological polar surface area (TPSA) is 25.4 Å². The molecular weight excluding hydrogens is 260 g/mol. The van der Waals surface area contributed by atoms with Gasteiger partial charge in [0.05, 0.1) is 7.11 Å². The lowest BCUT2D eigenvalue weighted by Gasteiger charge is -2.17. The predicted octanol–water partition coefficient (Wildman–Crippen LogP) is 3.38. The second-order valence-electron chi connectivity index (χ2n) is 4.51. The first-order valence-corrected chi connectivity index (χ1v) is 6.47. The molecule has 1 aromatic heterocycles. The third-order valence-electron chi connectivity index (χ3n) is 2.86. The molecule has 0 amide bonds. The number of aromatic nitrogens is 1. The van der Waals surface area contributed by atoms with Crippen LogP contribution < -0.4 is 4.74 Å². The highest BCUT2D eigenvalue weighted by Gasteiger charge is 2.03. The summed E-state index contributed by atoms with van der Waals surface area (Å²) in [7, 11) is 3.76. The molecule has 0 aliphatic heterocycles. The average molecular weight is 277 g/mol. The predicted molar refractivity (Wildman–Crippen MR) is 77.4 cm³/mol. The molecule has 0 fully saturated rings. The second kappa shape index (κ2) is 6.55. The van der Waals surface area contributed by atoms with E-state index in [1.165, 1.54) is 5.56 Å². The van der Waals surface area contributed by atoms with Gasteiger partial charge in [0.25, 0.3) is 0 Å². The highest BCUT2D eigenvalue weighted by molar-refractivity contribution is 6.29. The van der Waals surface area contributed by atoms with E-state index in [4.69, 9.17) is 16.3 Å². The van der Waals surface area contributed by atoms with E-state index in [0.29, 0.717) is 5.15 Å². The highest BCUT2D eigenvalue weighted by atomic mass is 35.5. The van der Waals surface area contributed by atoms with E-state index in [-0.39, 0.29) is 0 Å². The van der Waals surface area contributed by atoms with Crippen molar-refractivity contribution in [2.24, 2.45) is 0 Å². The zero-order chi connectivity index (χ0) is 13.7. The monoisotopic (exact) mass is 276 g/mol. The van der Waals surface area contributed by atoms with Crippen LogP contribution in [-0.2, 0) is 13.1 Å². The van der Waals surface area contributed by atoms with Gasteiger partial charge in [-0.15, -0.1) is 0 Å². The molecule has 1 heterocycles. The number of hydrogen-bond acceptors (Lipinski definition) is 3. The highest BCUT2D eigenvalue weighted by Crippen LogP contribution is 2.14. The van der Waals surface area contributed by atoms with Crippen LogP contribution in [-0.4, -0.2) is 24.0 Å². The van der Waals surface area contributed by atoms with Crippen molar-refractivity contribution in [3.8, 4) is 5.75 Å². The Morgan fingerprint density at radius 1 is 1.11 bits per heavy atom. The van der Waals surface area contributed by atoms with Gasteiger partial charge in [0, 0.05) is 19.3 Å². The zero-order valence-corrected chi connectivity index (χ0v) is 11.9.